The number of rotatable bonds is 6. The molecule has 1 aliphatic rings. The first-order valence-electron chi connectivity index (χ1n) is 10.8. The van der Waals surface area contributed by atoms with Gasteiger partial charge in [0.05, 0.1) is 26.0 Å². The summed E-state index contributed by atoms with van der Waals surface area (Å²) < 4.78 is 13.7. The number of halogens is 3. The third kappa shape index (κ3) is 5.11. The molecule has 0 unspecified atom stereocenters. The largest absolute Gasteiger partial charge is 0.479 e. The molecular weight excluding hydrogens is 634 g/mol. The minimum absolute atomic E-state index is 0.0638. The number of esters is 1. The van der Waals surface area contributed by atoms with Gasteiger partial charge in [0, 0.05) is 15.6 Å². The van der Waals surface area contributed by atoms with Crippen LogP contribution < -0.4 is 19.6 Å². The molecule has 0 bridgehead atoms. The molecule has 3 aromatic rings. The van der Waals surface area contributed by atoms with Crippen molar-refractivity contribution in [3.63, 3.8) is 0 Å². The molecule has 184 valence electrons. The van der Waals surface area contributed by atoms with Crippen LogP contribution in [0.25, 0.3) is 6.08 Å². The second-order valence-electron chi connectivity index (χ2n) is 7.62. The van der Waals surface area contributed by atoms with Crippen LogP contribution in [0.1, 0.15) is 31.0 Å². The van der Waals surface area contributed by atoms with Crippen LogP contribution >= 0.6 is 57.1 Å². The van der Waals surface area contributed by atoms with Crippen LogP contribution in [0.15, 0.2) is 57.5 Å². The van der Waals surface area contributed by atoms with E-state index in [4.69, 9.17) is 39.1 Å². The number of nitrogens with zero attached hydrogens (tertiary/aromatic N) is 2. The topological polar surface area (TPSA) is 69.9 Å². The smallest absolute Gasteiger partial charge is 0.338 e. The van der Waals surface area contributed by atoms with E-state index in [-0.39, 0.29) is 24.3 Å². The van der Waals surface area contributed by atoms with Crippen LogP contribution in [0.2, 0.25) is 10.0 Å². The summed E-state index contributed by atoms with van der Waals surface area (Å²) in [6.07, 6.45) is 7.06. The number of hydrogen-bond acceptors (Lipinski definition) is 6. The molecule has 0 saturated heterocycles. The van der Waals surface area contributed by atoms with E-state index in [9.17, 15) is 9.59 Å². The predicted octanol–water partition coefficient (Wildman–Crippen LogP) is 4.72. The third-order valence-corrected chi connectivity index (χ3v) is 7.69. The Bertz CT molecular complexity index is 1620. The highest BCUT2D eigenvalue weighted by molar-refractivity contribution is 14.1. The van der Waals surface area contributed by atoms with Crippen molar-refractivity contribution in [3.05, 3.63) is 92.1 Å². The van der Waals surface area contributed by atoms with Gasteiger partial charge in [0.15, 0.2) is 4.80 Å². The fourth-order valence-electron chi connectivity index (χ4n) is 3.88. The number of benzene rings is 2. The summed E-state index contributed by atoms with van der Waals surface area (Å²) in [6.45, 7) is 3.69. The highest BCUT2D eigenvalue weighted by Crippen LogP contribution is 2.34. The molecule has 0 amide bonds. The van der Waals surface area contributed by atoms with Gasteiger partial charge in [-0.3, -0.25) is 9.36 Å². The number of allylic oxidation sites excluding steroid dienone is 1. The highest BCUT2D eigenvalue weighted by Gasteiger charge is 2.34. The van der Waals surface area contributed by atoms with Gasteiger partial charge in [-0.2, -0.15) is 0 Å². The average Bonchev–Trinajstić information content (AvgIpc) is 3.12. The molecule has 6 nitrogen and oxygen atoms in total. The molecule has 36 heavy (non-hydrogen) atoms. The molecule has 1 aliphatic heterocycles. The second kappa shape index (κ2) is 11.2. The normalized spacial score (nSPS) is 15.2. The fourth-order valence-corrected chi connectivity index (χ4v) is 6.37. The summed E-state index contributed by atoms with van der Waals surface area (Å²) in [6, 6.07) is 9.75. The van der Waals surface area contributed by atoms with Gasteiger partial charge in [-0.1, -0.05) is 58.7 Å². The zero-order chi connectivity index (χ0) is 26.0. The average molecular weight is 653 g/mol. The molecule has 4 rings (SSSR count). The number of terminal acetylenes is 1. The maximum Gasteiger partial charge on any atom is 0.338 e. The van der Waals surface area contributed by atoms with E-state index < -0.39 is 12.0 Å². The molecule has 1 atom stereocenters. The van der Waals surface area contributed by atoms with Gasteiger partial charge in [0.1, 0.15) is 18.4 Å². The Kier molecular flexibility index (Phi) is 8.25. The number of carbonyl (C=O) groups excluding carboxylic acids is 1. The van der Waals surface area contributed by atoms with Gasteiger partial charge in [-0.25, -0.2) is 9.79 Å². The van der Waals surface area contributed by atoms with Crippen LogP contribution in [0.3, 0.4) is 0 Å². The van der Waals surface area contributed by atoms with Crippen LogP contribution in [0.5, 0.6) is 5.75 Å². The first-order valence-corrected chi connectivity index (χ1v) is 13.4. The lowest BCUT2D eigenvalue weighted by atomic mass is 9.96. The Labute approximate surface area is 235 Å². The zero-order valence-electron chi connectivity index (χ0n) is 19.2. The first-order chi connectivity index (χ1) is 17.3. The standard InChI is InChI=1S/C26H19Cl2IN2O4S/c1-4-10-35-23-15(11-16(27)13-19(23)29)12-20-24(32)31-22(17-8-6-7-9-18(17)28)21(25(33)34-5-2)14(3)30-26(31)36-20/h1,6-9,11-13,22H,5,10H2,2-3H3/b20-12-/t22-/m1/s1. The summed E-state index contributed by atoms with van der Waals surface area (Å²) in [5.41, 5.74) is 1.58. The van der Waals surface area contributed by atoms with Crippen molar-refractivity contribution < 1.29 is 14.3 Å². The highest BCUT2D eigenvalue weighted by atomic mass is 127. The summed E-state index contributed by atoms with van der Waals surface area (Å²) in [7, 11) is 0. The number of aromatic nitrogens is 1. The van der Waals surface area contributed by atoms with E-state index in [1.54, 1.807) is 56.3 Å². The Morgan fingerprint density at radius 3 is 2.78 bits per heavy atom. The summed E-state index contributed by atoms with van der Waals surface area (Å²) in [4.78, 5) is 31.8. The van der Waals surface area contributed by atoms with Crippen molar-refractivity contribution in [2.75, 3.05) is 13.2 Å². The Morgan fingerprint density at radius 1 is 1.33 bits per heavy atom. The van der Waals surface area contributed by atoms with E-state index >= 15 is 0 Å². The van der Waals surface area contributed by atoms with Gasteiger partial charge in [0.25, 0.3) is 5.56 Å². The van der Waals surface area contributed by atoms with Crippen molar-refractivity contribution in [2.24, 2.45) is 4.99 Å². The lowest BCUT2D eigenvalue weighted by Crippen LogP contribution is -2.40. The first kappa shape index (κ1) is 26.5. The van der Waals surface area contributed by atoms with E-state index in [1.807, 2.05) is 0 Å². The summed E-state index contributed by atoms with van der Waals surface area (Å²) in [5, 5.41) is 0.906. The zero-order valence-corrected chi connectivity index (χ0v) is 23.7. The van der Waals surface area contributed by atoms with Crippen LogP contribution in [-0.4, -0.2) is 23.8 Å². The number of carbonyl (C=O) groups is 1. The van der Waals surface area contributed by atoms with Gasteiger partial charge >= 0.3 is 5.97 Å². The third-order valence-electron chi connectivity index (χ3n) is 5.34. The van der Waals surface area contributed by atoms with Crippen molar-refractivity contribution in [3.8, 4) is 18.1 Å². The molecule has 2 aromatic carbocycles. The van der Waals surface area contributed by atoms with Crippen molar-refractivity contribution in [1.82, 2.24) is 4.57 Å². The van der Waals surface area contributed by atoms with Crippen molar-refractivity contribution in [2.45, 2.75) is 19.9 Å². The molecule has 0 N–H and O–H groups in total. The molecule has 0 saturated carbocycles. The number of hydrogen-bond donors (Lipinski definition) is 0. The van der Waals surface area contributed by atoms with E-state index in [0.29, 0.717) is 42.0 Å². The molecular formula is C26H19Cl2IN2O4S. The number of thiazole rings is 1. The molecule has 10 heteroatoms. The molecule has 0 spiro atoms. The van der Waals surface area contributed by atoms with E-state index in [0.717, 1.165) is 3.57 Å². The summed E-state index contributed by atoms with van der Waals surface area (Å²) in [5.74, 6) is 2.42. The molecule has 0 radical (unpaired) electrons. The molecule has 2 heterocycles. The van der Waals surface area contributed by atoms with Crippen molar-refractivity contribution >= 4 is 69.2 Å². The number of fused-ring (bicyclic) bond motifs is 1. The Hall–Kier alpha value is -2.58. The van der Waals surface area contributed by atoms with Crippen molar-refractivity contribution in [1.29, 1.82) is 0 Å². The molecule has 1 aromatic heterocycles. The van der Waals surface area contributed by atoms with Gasteiger partial charge in [-0.05, 0) is 66.3 Å². The maximum absolute atomic E-state index is 13.8. The Balaban J connectivity index is 1.99. The monoisotopic (exact) mass is 652 g/mol. The predicted molar refractivity (Wildman–Crippen MR) is 150 cm³/mol. The van der Waals surface area contributed by atoms with Crippen LogP contribution in [0.4, 0.5) is 0 Å². The van der Waals surface area contributed by atoms with E-state index in [1.165, 1.54) is 15.9 Å². The van der Waals surface area contributed by atoms with Crippen LogP contribution in [0, 0.1) is 15.9 Å². The lowest BCUT2D eigenvalue weighted by Gasteiger charge is -2.25. The molecule has 0 aliphatic carbocycles. The SMILES string of the molecule is C#CCOc1c(I)cc(Cl)cc1/C=c1\sc2n(c1=O)[C@H](c1ccccc1Cl)C(C(=O)OCC)=C(C)N=2. The summed E-state index contributed by atoms with van der Waals surface area (Å²) >= 11 is 16.1. The molecule has 0 fully saturated rings. The lowest BCUT2D eigenvalue weighted by molar-refractivity contribution is -0.139. The fraction of sp³-hybridized carbons (Fsp3) is 0.192. The second-order valence-corrected chi connectivity index (χ2v) is 10.6. The van der Waals surface area contributed by atoms with Crippen LogP contribution in [-0.2, 0) is 9.53 Å². The maximum atomic E-state index is 13.8. The minimum Gasteiger partial charge on any atom is -0.479 e. The van der Waals surface area contributed by atoms with Gasteiger partial charge in [-0.15, -0.1) is 6.42 Å². The number of ether oxygens (including phenoxy) is 2. The minimum atomic E-state index is -0.798. The van der Waals surface area contributed by atoms with Gasteiger partial charge < -0.3 is 9.47 Å². The quantitative estimate of drug-likeness (QED) is 0.220. The van der Waals surface area contributed by atoms with Gasteiger partial charge in [0.2, 0.25) is 0 Å². The Morgan fingerprint density at radius 2 is 2.08 bits per heavy atom. The van der Waals surface area contributed by atoms with E-state index in [2.05, 4.69) is 33.5 Å².